The Hall–Kier alpha value is -2.87. The van der Waals surface area contributed by atoms with Crippen LogP contribution < -0.4 is 5.32 Å². The summed E-state index contributed by atoms with van der Waals surface area (Å²) in [5, 5.41) is 3.07. The summed E-state index contributed by atoms with van der Waals surface area (Å²) in [5.41, 5.74) is 6.76. The van der Waals surface area contributed by atoms with Crippen LogP contribution in [0.3, 0.4) is 0 Å². The summed E-state index contributed by atoms with van der Waals surface area (Å²) in [7, 11) is 0. The van der Waals surface area contributed by atoms with Gasteiger partial charge in [0.1, 0.15) is 0 Å². The second kappa shape index (κ2) is 7.80. The lowest BCUT2D eigenvalue weighted by Crippen LogP contribution is -2.15. The maximum absolute atomic E-state index is 12.5. The fourth-order valence-electron chi connectivity index (χ4n) is 2.91. The van der Waals surface area contributed by atoms with Crippen LogP contribution in [0.2, 0.25) is 0 Å². The van der Waals surface area contributed by atoms with Crippen molar-refractivity contribution in [3.63, 3.8) is 0 Å². The zero-order valence-electron chi connectivity index (χ0n) is 14.8. The number of carbonyl (C=O) groups excluding carboxylic acids is 1. The lowest BCUT2D eigenvalue weighted by atomic mass is 10.0. The summed E-state index contributed by atoms with van der Waals surface area (Å²) < 4.78 is 0. The highest BCUT2D eigenvalue weighted by molar-refractivity contribution is 5.93. The Morgan fingerprint density at radius 1 is 0.800 bits per heavy atom. The minimum atomic E-state index is 0.0174. The van der Waals surface area contributed by atoms with Gasteiger partial charge in [0.05, 0.1) is 6.42 Å². The quantitative estimate of drug-likeness (QED) is 0.695. The Labute approximate surface area is 149 Å². The van der Waals surface area contributed by atoms with E-state index in [9.17, 15) is 4.79 Å². The molecule has 25 heavy (non-hydrogen) atoms. The highest BCUT2D eigenvalue weighted by Gasteiger charge is 2.09. The minimum absolute atomic E-state index is 0.0174. The average molecular weight is 329 g/mol. The Balaban J connectivity index is 1.72. The van der Waals surface area contributed by atoms with Crippen molar-refractivity contribution in [2.75, 3.05) is 5.32 Å². The van der Waals surface area contributed by atoms with Crippen molar-refractivity contribution in [1.82, 2.24) is 0 Å². The van der Waals surface area contributed by atoms with Crippen molar-refractivity contribution in [1.29, 1.82) is 0 Å². The number of hydrogen-bond donors (Lipinski definition) is 1. The van der Waals surface area contributed by atoms with Gasteiger partial charge in [0.15, 0.2) is 0 Å². The molecule has 0 heterocycles. The first kappa shape index (κ1) is 17.0. The van der Waals surface area contributed by atoms with Crippen molar-refractivity contribution < 1.29 is 4.79 Å². The third-order valence-electron chi connectivity index (χ3n) is 4.46. The molecule has 2 heteroatoms. The molecule has 1 N–H and O–H groups in total. The number of benzene rings is 3. The first-order valence-electron chi connectivity index (χ1n) is 8.59. The number of rotatable bonds is 5. The molecule has 0 aliphatic rings. The lowest BCUT2D eigenvalue weighted by molar-refractivity contribution is -0.115. The maximum Gasteiger partial charge on any atom is 0.228 e. The van der Waals surface area contributed by atoms with E-state index < -0.39 is 0 Å². The van der Waals surface area contributed by atoms with E-state index >= 15 is 0 Å². The van der Waals surface area contributed by atoms with Crippen LogP contribution in [0.25, 0.3) is 0 Å². The highest BCUT2D eigenvalue weighted by atomic mass is 16.1. The molecule has 0 saturated carbocycles. The van der Waals surface area contributed by atoms with Gasteiger partial charge in [0.2, 0.25) is 5.91 Å². The van der Waals surface area contributed by atoms with Crippen molar-refractivity contribution in [3.05, 3.63) is 101 Å². The highest BCUT2D eigenvalue weighted by Crippen LogP contribution is 2.20. The average Bonchev–Trinajstić information content (AvgIpc) is 2.61. The van der Waals surface area contributed by atoms with Gasteiger partial charge in [-0.25, -0.2) is 0 Å². The molecule has 0 spiro atoms. The number of aryl methyl sites for hydroxylation is 2. The second-order valence-electron chi connectivity index (χ2n) is 6.46. The lowest BCUT2D eigenvalue weighted by Gasteiger charge is -2.12. The molecule has 0 aliphatic heterocycles. The summed E-state index contributed by atoms with van der Waals surface area (Å²) in [6.45, 7) is 4.16. The van der Waals surface area contributed by atoms with E-state index in [4.69, 9.17) is 0 Å². The molecule has 0 saturated heterocycles. The van der Waals surface area contributed by atoms with Crippen LogP contribution in [0, 0.1) is 13.8 Å². The van der Waals surface area contributed by atoms with Crippen molar-refractivity contribution >= 4 is 11.6 Å². The zero-order valence-corrected chi connectivity index (χ0v) is 14.8. The predicted molar refractivity (Wildman–Crippen MR) is 104 cm³/mol. The van der Waals surface area contributed by atoms with Crippen LogP contribution in [0.15, 0.2) is 72.8 Å². The fourth-order valence-corrected chi connectivity index (χ4v) is 2.91. The Kier molecular flexibility index (Phi) is 5.30. The maximum atomic E-state index is 12.5. The van der Waals surface area contributed by atoms with Crippen molar-refractivity contribution in [3.8, 4) is 0 Å². The van der Waals surface area contributed by atoms with Gasteiger partial charge in [-0.15, -0.1) is 0 Å². The van der Waals surface area contributed by atoms with Gasteiger partial charge in [-0.05, 0) is 54.2 Å². The zero-order chi connectivity index (χ0) is 17.6. The van der Waals surface area contributed by atoms with Crippen LogP contribution in [-0.2, 0) is 17.6 Å². The smallest absolute Gasteiger partial charge is 0.228 e. The predicted octanol–water partition coefficient (Wildman–Crippen LogP) is 5.08. The standard InChI is InChI=1S/C23H23NO/c1-17-12-13-20(14-18(17)2)16-23(25)24-22-11-7-6-10-21(22)15-19-8-4-3-5-9-19/h3-14H,15-16H2,1-2H3,(H,24,25). The Morgan fingerprint density at radius 3 is 2.28 bits per heavy atom. The third kappa shape index (κ3) is 4.57. The monoisotopic (exact) mass is 329 g/mol. The SMILES string of the molecule is Cc1ccc(CC(=O)Nc2ccccc2Cc2ccccc2)cc1C. The first-order chi connectivity index (χ1) is 12.1. The van der Waals surface area contributed by atoms with E-state index in [1.165, 1.54) is 16.7 Å². The second-order valence-corrected chi connectivity index (χ2v) is 6.46. The van der Waals surface area contributed by atoms with Crippen LogP contribution in [0.1, 0.15) is 27.8 Å². The van der Waals surface area contributed by atoms with Crippen LogP contribution in [-0.4, -0.2) is 5.91 Å². The molecule has 1 amide bonds. The molecular weight excluding hydrogens is 306 g/mol. The minimum Gasteiger partial charge on any atom is -0.326 e. The van der Waals surface area contributed by atoms with Crippen LogP contribution in [0.4, 0.5) is 5.69 Å². The molecule has 3 rings (SSSR count). The molecule has 0 bridgehead atoms. The molecule has 0 aliphatic carbocycles. The van der Waals surface area contributed by atoms with Crippen LogP contribution >= 0.6 is 0 Å². The Morgan fingerprint density at radius 2 is 1.52 bits per heavy atom. The van der Waals surface area contributed by atoms with E-state index in [0.717, 1.165) is 23.2 Å². The largest absolute Gasteiger partial charge is 0.326 e. The molecule has 2 nitrogen and oxygen atoms in total. The molecule has 3 aromatic carbocycles. The van der Waals surface area contributed by atoms with Gasteiger partial charge in [-0.1, -0.05) is 66.7 Å². The summed E-state index contributed by atoms with van der Waals surface area (Å²) in [6.07, 6.45) is 1.20. The molecule has 0 fully saturated rings. The number of amides is 1. The van der Waals surface area contributed by atoms with Crippen molar-refractivity contribution in [2.24, 2.45) is 0 Å². The van der Waals surface area contributed by atoms with Gasteiger partial charge in [-0.3, -0.25) is 4.79 Å². The van der Waals surface area contributed by atoms with Gasteiger partial charge in [0, 0.05) is 5.69 Å². The molecule has 0 atom stereocenters. The van der Waals surface area contributed by atoms with E-state index in [-0.39, 0.29) is 5.91 Å². The molecular formula is C23H23NO. The first-order valence-corrected chi connectivity index (χ1v) is 8.59. The topological polar surface area (TPSA) is 29.1 Å². The normalized spacial score (nSPS) is 10.5. The fraction of sp³-hybridized carbons (Fsp3) is 0.174. The third-order valence-corrected chi connectivity index (χ3v) is 4.46. The van der Waals surface area contributed by atoms with E-state index in [0.29, 0.717) is 6.42 Å². The molecule has 3 aromatic rings. The molecule has 126 valence electrons. The van der Waals surface area contributed by atoms with Crippen LogP contribution in [0.5, 0.6) is 0 Å². The molecule has 0 aromatic heterocycles. The number of nitrogens with one attached hydrogen (secondary N) is 1. The van der Waals surface area contributed by atoms with Crippen molar-refractivity contribution in [2.45, 2.75) is 26.7 Å². The summed E-state index contributed by atoms with van der Waals surface area (Å²) in [4.78, 5) is 12.5. The molecule has 0 unspecified atom stereocenters. The van der Waals surface area contributed by atoms with E-state index in [1.54, 1.807) is 0 Å². The van der Waals surface area contributed by atoms with Gasteiger partial charge >= 0.3 is 0 Å². The molecule has 0 radical (unpaired) electrons. The summed E-state index contributed by atoms with van der Waals surface area (Å²) in [6, 6.07) is 24.5. The van der Waals surface area contributed by atoms with Gasteiger partial charge < -0.3 is 5.32 Å². The summed E-state index contributed by atoms with van der Waals surface area (Å²) in [5.74, 6) is 0.0174. The van der Waals surface area contributed by atoms with Gasteiger partial charge in [0.25, 0.3) is 0 Å². The van der Waals surface area contributed by atoms with E-state index in [2.05, 4.69) is 49.5 Å². The Bertz CT molecular complexity index is 868. The van der Waals surface area contributed by atoms with E-state index in [1.807, 2.05) is 42.5 Å². The number of carbonyl (C=O) groups is 1. The number of hydrogen-bond acceptors (Lipinski definition) is 1. The summed E-state index contributed by atoms with van der Waals surface area (Å²) >= 11 is 0. The number of anilines is 1. The van der Waals surface area contributed by atoms with Gasteiger partial charge in [-0.2, -0.15) is 0 Å². The number of para-hydroxylation sites is 1.